The van der Waals surface area contributed by atoms with Gasteiger partial charge in [-0.1, -0.05) is 5.76 Å². The van der Waals surface area contributed by atoms with E-state index in [0.717, 1.165) is 0 Å². The molecule has 0 radical (unpaired) electrons. The molecule has 2 fully saturated rings. The summed E-state index contributed by atoms with van der Waals surface area (Å²) in [7, 11) is 1.82. The van der Waals surface area contributed by atoms with E-state index in [1.54, 1.807) is 0 Å². The summed E-state index contributed by atoms with van der Waals surface area (Å²) in [5.41, 5.74) is 3.36. The van der Waals surface area contributed by atoms with Gasteiger partial charge >= 0.3 is 6.09 Å². The summed E-state index contributed by atoms with van der Waals surface area (Å²) in [5.74, 6) is -1.92. The minimum absolute atomic E-state index is 0.0374. The molecule has 0 aromatic rings. The van der Waals surface area contributed by atoms with E-state index in [-0.39, 0.29) is 34.5 Å². The number of nitrogens with two attached hydrogens (primary N) is 1. The van der Waals surface area contributed by atoms with E-state index in [2.05, 4.69) is 0 Å². The van der Waals surface area contributed by atoms with Crippen LogP contribution in [0.1, 0.15) is 6.92 Å². The lowest BCUT2D eigenvalue weighted by Crippen LogP contribution is -2.50. The Labute approximate surface area is 136 Å². The molecule has 0 aromatic heterocycles. The normalized spacial score (nSPS) is 36.9. The van der Waals surface area contributed by atoms with Gasteiger partial charge in [0, 0.05) is 23.9 Å². The Bertz CT molecular complexity index is 797. The predicted octanol–water partition coefficient (Wildman–Crippen LogP) is -1.93. The standard InChI is InChI=1S/C15H17N3O6/c1-5-10(19)9-8(12(21)11(5)20)6(4-24-14(16)22)15(23)13-7(17(13)2)3-18(9)15/h7,13,19-20,23H,3-4H2,1-2H3,(H2,16,22)/p-1/t7-,13-,15+,17?/m0/s1. The van der Waals surface area contributed by atoms with Crippen LogP contribution in [0, 0.1) is 0 Å². The van der Waals surface area contributed by atoms with Crippen LogP contribution in [0.15, 0.2) is 33.9 Å². The molecule has 4 atom stereocenters. The predicted molar refractivity (Wildman–Crippen MR) is 76.9 cm³/mol. The summed E-state index contributed by atoms with van der Waals surface area (Å²) in [6.07, 6.45) is -1.06. The number of Topliss-reactive ketones (excluding diaryl/α,β-unsaturated/α-hetero) is 1. The zero-order valence-corrected chi connectivity index (χ0v) is 13.1. The number of likely N-dealkylation sites (N-methyl/N-ethyl adjacent to an activating group) is 1. The molecule has 4 rings (SSSR count). The van der Waals surface area contributed by atoms with Gasteiger partial charge < -0.3 is 30.7 Å². The number of aliphatic hydroxyl groups excluding tert-OH is 1. The van der Waals surface area contributed by atoms with Gasteiger partial charge in [-0.2, -0.15) is 0 Å². The molecule has 3 aliphatic heterocycles. The van der Waals surface area contributed by atoms with Crippen LogP contribution in [0.3, 0.4) is 0 Å². The van der Waals surface area contributed by atoms with Gasteiger partial charge in [-0.25, -0.2) is 4.79 Å². The van der Waals surface area contributed by atoms with Gasteiger partial charge in [0.1, 0.15) is 6.61 Å². The number of hydrogen-bond acceptors (Lipinski definition) is 8. The summed E-state index contributed by atoms with van der Waals surface area (Å²) in [6, 6.07) is -0.284. The average molecular weight is 334 g/mol. The van der Waals surface area contributed by atoms with Crippen molar-refractivity contribution in [3.63, 3.8) is 0 Å². The number of allylic oxidation sites excluding steroid dienone is 3. The zero-order chi connectivity index (χ0) is 17.5. The van der Waals surface area contributed by atoms with Crippen LogP contribution >= 0.6 is 0 Å². The molecule has 0 aromatic carbocycles. The van der Waals surface area contributed by atoms with Crippen molar-refractivity contribution >= 4 is 11.9 Å². The molecule has 1 unspecified atom stereocenters. The van der Waals surface area contributed by atoms with Crippen LogP contribution in [0.2, 0.25) is 0 Å². The molecule has 24 heavy (non-hydrogen) atoms. The van der Waals surface area contributed by atoms with E-state index in [9.17, 15) is 24.9 Å². The summed E-state index contributed by atoms with van der Waals surface area (Å²) >= 11 is 0. The number of fused-ring (bicyclic) bond motifs is 5. The number of carbonyl (C=O) groups is 2. The second-order valence-electron chi connectivity index (χ2n) is 6.46. The van der Waals surface area contributed by atoms with Gasteiger partial charge in [-0.3, -0.25) is 9.69 Å². The molecule has 9 nitrogen and oxygen atoms in total. The molecular formula is C15H16N3O6-. The van der Waals surface area contributed by atoms with Gasteiger partial charge in [0.2, 0.25) is 5.78 Å². The highest BCUT2D eigenvalue weighted by molar-refractivity contribution is 6.13. The van der Waals surface area contributed by atoms with E-state index < -0.39 is 35.7 Å². The SMILES string of the molecule is CC1=C(O)C(=O)C2=C(COC(N)=O)[C@@]3(O)[C@@H]4[C@H](CN3C2=C1[O-])N4C. The molecule has 0 bridgehead atoms. The van der Waals surface area contributed by atoms with E-state index >= 15 is 0 Å². The number of ketones is 1. The Kier molecular flexibility index (Phi) is 2.70. The molecule has 0 saturated carbocycles. The minimum Gasteiger partial charge on any atom is -0.871 e. The Morgan fingerprint density at radius 1 is 1.54 bits per heavy atom. The molecule has 1 aliphatic carbocycles. The Balaban J connectivity index is 1.92. The van der Waals surface area contributed by atoms with Crippen molar-refractivity contribution < 1.29 is 29.6 Å². The van der Waals surface area contributed by atoms with Crippen LogP contribution in [0.25, 0.3) is 0 Å². The number of amides is 1. The molecule has 3 heterocycles. The van der Waals surface area contributed by atoms with Gasteiger partial charge in [-0.05, 0) is 19.5 Å². The highest BCUT2D eigenvalue weighted by atomic mass is 16.5. The highest BCUT2D eigenvalue weighted by Gasteiger charge is 2.71. The number of nitrogens with zero attached hydrogens (tertiary/aromatic N) is 2. The first-order chi connectivity index (χ1) is 11.2. The Hall–Kier alpha value is -2.52. The highest BCUT2D eigenvalue weighted by Crippen LogP contribution is 2.57. The topological polar surface area (TPSA) is 139 Å². The number of aliphatic hydroxyl groups is 2. The molecule has 9 heteroatoms. The maximum Gasteiger partial charge on any atom is 0.404 e. The van der Waals surface area contributed by atoms with Crippen molar-refractivity contribution in [3.8, 4) is 0 Å². The van der Waals surface area contributed by atoms with Crippen LogP contribution < -0.4 is 10.8 Å². The van der Waals surface area contributed by atoms with Crippen LogP contribution in [-0.2, 0) is 9.53 Å². The third-order valence-corrected chi connectivity index (χ3v) is 5.39. The summed E-state index contributed by atoms with van der Waals surface area (Å²) in [6.45, 7) is 1.30. The number of carbonyl (C=O) groups excluding carboxylic acids is 2. The van der Waals surface area contributed by atoms with E-state index in [1.807, 2.05) is 11.9 Å². The van der Waals surface area contributed by atoms with Gasteiger partial charge in [0.05, 0.1) is 11.6 Å². The lowest BCUT2D eigenvalue weighted by molar-refractivity contribution is -0.301. The van der Waals surface area contributed by atoms with Gasteiger partial charge in [0.15, 0.2) is 11.5 Å². The Morgan fingerprint density at radius 3 is 2.83 bits per heavy atom. The van der Waals surface area contributed by atoms with Crippen molar-refractivity contribution in [2.45, 2.75) is 24.7 Å². The first-order valence-corrected chi connectivity index (χ1v) is 7.45. The minimum atomic E-state index is -1.63. The number of piperazine rings is 1. The van der Waals surface area contributed by atoms with Crippen molar-refractivity contribution in [2.75, 3.05) is 20.2 Å². The Morgan fingerprint density at radius 2 is 2.21 bits per heavy atom. The second kappa shape index (κ2) is 4.31. The number of hydrogen-bond donors (Lipinski definition) is 3. The van der Waals surface area contributed by atoms with Crippen molar-refractivity contribution in [1.29, 1.82) is 0 Å². The zero-order valence-electron chi connectivity index (χ0n) is 13.1. The van der Waals surface area contributed by atoms with Gasteiger partial charge in [0.25, 0.3) is 0 Å². The maximum absolute atomic E-state index is 12.6. The molecular weight excluding hydrogens is 318 g/mol. The van der Waals surface area contributed by atoms with Crippen molar-refractivity contribution in [1.82, 2.24) is 9.80 Å². The smallest absolute Gasteiger partial charge is 0.404 e. The molecule has 4 N–H and O–H groups in total. The van der Waals surface area contributed by atoms with Crippen LogP contribution in [0.4, 0.5) is 4.79 Å². The van der Waals surface area contributed by atoms with Crippen LogP contribution in [-0.4, -0.2) is 69.9 Å². The van der Waals surface area contributed by atoms with Crippen molar-refractivity contribution in [2.24, 2.45) is 5.73 Å². The molecule has 128 valence electrons. The van der Waals surface area contributed by atoms with Crippen molar-refractivity contribution in [3.05, 3.63) is 33.9 Å². The monoisotopic (exact) mass is 334 g/mol. The second-order valence-corrected chi connectivity index (χ2v) is 6.46. The maximum atomic E-state index is 12.6. The lowest BCUT2D eigenvalue weighted by Gasteiger charge is -2.37. The quantitative estimate of drug-likeness (QED) is 0.496. The summed E-state index contributed by atoms with van der Waals surface area (Å²) in [5, 5.41) is 33.8. The summed E-state index contributed by atoms with van der Waals surface area (Å²) in [4.78, 5) is 26.9. The summed E-state index contributed by atoms with van der Waals surface area (Å²) < 4.78 is 4.80. The average Bonchev–Trinajstić information content (AvgIpc) is 2.93. The fraction of sp³-hybridized carbons (Fsp3) is 0.467. The molecule has 2 saturated heterocycles. The largest absolute Gasteiger partial charge is 0.871 e. The first kappa shape index (κ1) is 15.0. The van der Waals surface area contributed by atoms with Gasteiger partial charge in [-0.15, -0.1) is 0 Å². The number of ether oxygens (including phenoxy) is 1. The number of rotatable bonds is 2. The van der Waals surface area contributed by atoms with Crippen LogP contribution in [0.5, 0.6) is 0 Å². The number of primary amides is 1. The van der Waals surface area contributed by atoms with E-state index in [0.29, 0.717) is 6.54 Å². The fourth-order valence-corrected chi connectivity index (χ4v) is 4.11. The van der Waals surface area contributed by atoms with E-state index in [1.165, 1.54) is 11.8 Å². The lowest BCUT2D eigenvalue weighted by atomic mass is 9.90. The molecule has 0 spiro atoms. The molecule has 1 amide bonds. The fourth-order valence-electron chi connectivity index (χ4n) is 4.11. The first-order valence-electron chi connectivity index (χ1n) is 7.45. The third-order valence-electron chi connectivity index (χ3n) is 5.39. The van der Waals surface area contributed by atoms with E-state index in [4.69, 9.17) is 10.5 Å². The molecule has 4 aliphatic rings. The third kappa shape index (κ3) is 1.51.